The molecule has 3 unspecified atom stereocenters. The number of nitrogens with zero attached hydrogens (tertiary/aromatic N) is 1. The highest BCUT2D eigenvalue weighted by Gasteiger charge is 2.73. The van der Waals surface area contributed by atoms with E-state index in [1.54, 1.807) is 0 Å². The monoisotopic (exact) mass is 544 g/mol. The molecule has 2 aromatic carbocycles. The van der Waals surface area contributed by atoms with Crippen LogP contribution in [0.1, 0.15) is 64.8 Å². The SMILES string of the molecule is NC(=O)C1CC2CC2([C@@H](c2ccc(C(F)(F)F)cc2F)C2CC2)N1C(=O)c1cccc([C@H](O)C(F)(F)F)c1. The van der Waals surface area contributed by atoms with E-state index in [9.17, 15) is 41.0 Å². The number of rotatable bonds is 6. The molecule has 5 nitrogen and oxygen atoms in total. The van der Waals surface area contributed by atoms with Gasteiger partial charge in [-0.2, -0.15) is 26.3 Å². The Balaban J connectivity index is 1.57. The minimum Gasteiger partial charge on any atom is -0.379 e. The zero-order chi connectivity index (χ0) is 27.8. The van der Waals surface area contributed by atoms with E-state index in [2.05, 4.69) is 0 Å². The van der Waals surface area contributed by atoms with Crippen LogP contribution in [0.15, 0.2) is 42.5 Å². The van der Waals surface area contributed by atoms with Gasteiger partial charge in [-0.3, -0.25) is 9.59 Å². The van der Waals surface area contributed by atoms with Crippen LogP contribution in [0.3, 0.4) is 0 Å². The van der Waals surface area contributed by atoms with Crippen molar-refractivity contribution in [2.45, 2.75) is 61.6 Å². The molecule has 3 fully saturated rings. The lowest BCUT2D eigenvalue weighted by Crippen LogP contribution is -2.53. The highest BCUT2D eigenvalue weighted by atomic mass is 19.4. The Morgan fingerprint density at radius 2 is 1.74 bits per heavy atom. The van der Waals surface area contributed by atoms with Crippen LogP contribution in [0.25, 0.3) is 0 Å². The van der Waals surface area contributed by atoms with Gasteiger partial charge in [0.2, 0.25) is 5.91 Å². The highest BCUT2D eigenvalue weighted by molar-refractivity contribution is 5.99. The Morgan fingerprint density at radius 1 is 1.05 bits per heavy atom. The van der Waals surface area contributed by atoms with Gasteiger partial charge >= 0.3 is 12.4 Å². The first-order valence-corrected chi connectivity index (χ1v) is 12.0. The Labute approximate surface area is 212 Å². The molecule has 1 aliphatic heterocycles. The number of halogens is 7. The maximum atomic E-state index is 15.2. The number of amides is 2. The van der Waals surface area contributed by atoms with Gasteiger partial charge in [0, 0.05) is 11.5 Å². The third-order valence-electron chi connectivity index (χ3n) is 7.99. The number of aliphatic hydroxyl groups is 1. The van der Waals surface area contributed by atoms with E-state index in [0.717, 1.165) is 30.3 Å². The minimum absolute atomic E-state index is 0.00725. The summed E-state index contributed by atoms with van der Waals surface area (Å²) in [6, 6.07) is 5.41. The number of carbonyl (C=O) groups excluding carboxylic acids is 2. The summed E-state index contributed by atoms with van der Waals surface area (Å²) in [6.07, 6.45) is -10.8. The molecule has 0 aromatic heterocycles. The number of nitrogens with two attached hydrogens (primary N) is 1. The molecule has 0 bridgehead atoms. The van der Waals surface area contributed by atoms with E-state index in [4.69, 9.17) is 5.73 Å². The van der Waals surface area contributed by atoms with Gasteiger partial charge in [-0.1, -0.05) is 18.2 Å². The summed E-state index contributed by atoms with van der Waals surface area (Å²) in [5, 5.41) is 9.66. The van der Waals surface area contributed by atoms with Crippen molar-refractivity contribution in [1.82, 2.24) is 4.90 Å². The maximum absolute atomic E-state index is 15.2. The fourth-order valence-electron chi connectivity index (χ4n) is 6.17. The van der Waals surface area contributed by atoms with E-state index < -0.39 is 64.7 Å². The van der Waals surface area contributed by atoms with Gasteiger partial charge in [-0.25, -0.2) is 4.39 Å². The number of hydrogen-bond acceptors (Lipinski definition) is 3. The van der Waals surface area contributed by atoms with Gasteiger partial charge in [-0.05, 0) is 72.9 Å². The van der Waals surface area contributed by atoms with Gasteiger partial charge in [0.05, 0.1) is 11.1 Å². The molecule has 2 aliphatic carbocycles. The molecule has 3 N–H and O–H groups in total. The highest BCUT2D eigenvalue weighted by Crippen LogP contribution is 2.69. The third kappa shape index (κ3) is 4.32. The minimum atomic E-state index is -4.98. The standard InChI is InChI=1S/C26H23F7N2O3/c27-18-9-15(25(28,29)30)6-7-17(18)20(12-4-5-12)24-11-16(24)10-19(22(34)37)35(24)23(38)14-3-1-2-13(8-14)21(36)26(31,32)33/h1-3,6-9,12,16,19-21,36H,4-5,10-11H2,(H2,34,37)/t16?,19?,20-,21+,24?/m1/s1. The van der Waals surface area contributed by atoms with Gasteiger partial charge < -0.3 is 15.7 Å². The number of hydrogen-bond donors (Lipinski definition) is 2. The molecule has 1 saturated heterocycles. The van der Waals surface area contributed by atoms with E-state index in [0.29, 0.717) is 25.3 Å². The second-order valence-corrected chi connectivity index (χ2v) is 10.3. The maximum Gasteiger partial charge on any atom is 0.418 e. The predicted molar refractivity (Wildman–Crippen MR) is 119 cm³/mol. The Bertz CT molecular complexity index is 1290. The molecule has 5 atom stereocenters. The number of aliphatic hydroxyl groups excluding tert-OH is 1. The molecule has 3 aliphatic rings. The lowest BCUT2D eigenvalue weighted by atomic mass is 9.82. The number of likely N-dealkylation sites (tertiary alicyclic amines) is 1. The van der Waals surface area contributed by atoms with Crippen molar-refractivity contribution in [2.75, 3.05) is 0 Å². The fourth-order valence-corrected chi connectivity index (χ4v) is 6.17. The van der Waals surface area contributed by atoms with Crippen LogP contribution in [-0.4, -0.2) is 39.6 Å². The molecule has 5 rings (SSSR count). The Kier molecular flexibility index (Phi) is 6.05. The number of primary amides is 1. The average molecular weight is 544 g/mol. The smallest absolute Gasteiger partial charge is 0.379 e. The molecule has 2 saturated carbocycles. The van der Waals surface area contributed by atoms with Crippen molar-refractivity contribution >= 4 is 11.8 Å². The van der Waals surface area contributed by atoms with Crippen molar-refractivity contribution in [1.29, 1.82) is 0 Å². The van der Waals surface area contributed by atoms with Crippen molar-refractivity contribution in [3.8, 4) is 0 Å². The van der Waals surface area contributed by atoms with E-state index >= 15 is 4.39 Å². The summed E-state index contributed by atoms with van der Waals surface area (Å²) in [7, 11) is 0. The van der Waals surface area contributed by atoms with E-state index in [1.807, 2.05) is 0 Å². The summed E-state index contributed by atoms with van der Waals surface area (Å²) >= 11 is 0. The second kappa shape index (κ2) is 8.69. The number of alkyl halides is 6. The first kappa shape index (κ1) is 26.5. The van der Waals surface area contributed by atoms with Crippen LogP contribution in [0.4, 0.5) is 30.7 Å². The summed E-state index contributed by atoms with van der Waals surface area (Å²) in [5.41, 5.74) is 2.49. The summed E-state index contributed by atoms with van der Waals surface area (Å²) in [4.78, 5) is 27.4. The van der Waals surface area contributed by atoms with E-state index in [-0.39, 0.29) is 29.4 Å². The number of benzene rings is 2. The number of carbonyl (C=O) groups is 2. The third-order valence-corrected chi connectivity index (χ3v) is 7.99. The summed E-state index contributed by atoms with van der Waals surface area (Å²) < 4.78 is 93.9. The largest absolute Gasteiger partial charge is 0.418 e. The Morgan fingerprint density at radius 3 is 2.29 bits per heavy atom. The molecule has 38 heavy (non-hydrogen) atoms. The van der Waals surface area contributed by atoms with Gasteiger partial charge in [0.25, 0.3) is 5.91 Å². The normalized spacial score (nSPS) is 26.6. The van der Waals surface area contributed by atoms with E-state index in [1.165, 1.54) is 11.0 Å². The molecule has 1 heterocycles. The molecule has 2 aromatic rings. The first-order chi connectivity index (χ1) is 17.7. The topological polar surface area (TPSA) is 83.6 Å². The van der Waals surface area contributed by atoms with Crippen molar-refractivity contribution < 1.29 is 45.4 Å². The van der Waals surface area contributed by atoms with Gasteiger partial charge in [0.1, 0.15) is 11.9 Å². The van der Waals surface area contributed by atoms with Crippen LogP contribution in [0.5, 0.6) is 0 Å². The lowest BCUT2D eigenvalue weighted by Gasteiger charge is -2.39. The predicted octanol–water partition coefficient (Wildman–Crippen LogP) is 5.09. The number of fused-ring (bicyclic) bond motifs is 1. The quantitative estimate of drug-likeness (QED) is 0.497. The summed E-state index contributed by atoms with van der Waals surface area (Å²) in [5.74, 6) is -3.93. The van der Waals surface area contributed by atoms with Crippen molar-refractivity contribution in [2.24, 2.45) is 17.6 Å². The lowest BCUT2D eigenvalue weighted by molar-refractivity contribution is -0.206. The molecule has 12 heteroatoms. The fraction of sp³-hybridized carbons (Fsp3) is 0.462. The van der Waals surface area contributed by atoms with Crippen molar-refractivity contribution in [3.05, 3.63) is 70.5 Å². The average Bonchev–Trinajstić information content (AvgIpc) is 3.76. The Hall–Kier alpha value is -3.15. The molecule has 204 valence electrons. The van der Waals surface area contributed by atoms with Crippen molar-refractivity contribution in [3.63, 3.8) is 0 Å². The zero-order valence-corrected chi connectivity index (χ0v) is 19.7. The zero-order valence-electron chi connectivity index (χ0n) is 19.7. The van der Waals surface area contributed by atoms with Crippen LogP contribution < -0.4 is 5.73 Å². The van der Waals surface area contributed by atoms with Crippen LogP contribution >= 0.6 is 0 Å². The second-order valence-electron chi connectivity index (χ2n) is 10.3. The van der Waals surface area contributed by atoms with Gasteiger partial charge in [-0.15, -0.1) is 0 Å². The summed E-state index contributed by atoms with van der Waals surface area (Å²) in [6.45, 7) is 0. The number of piperidine rings is 1. The first-order valence-electron chi connectivity index (χ1n) is 12.0. The van der Waals surface area contributed by atoms with Crippen LogP contribution in [0, 0.1) is 17.7 Å². The molecule has 0 radical (unpaired) electrons. The van der Waals surface area contributed by atoms with Crippen LogP contribution in [-0.2, 0) is 11.0 Å². The van der Waals surface area contributed by atoms with Gasteiger partial charge in [0.15, 0.2) is 6.10 Å². The molecule has 0 spiro atoms. The van der Waals surface area contributed by atoms with Crippen LogP contribution in [0.2, 0.25) is 0 Å². The molecular formula is C26H23F7N2O3. The molecule has 2 amide bonds. The molecular weight excluding hydrogens is 521 g/mol.